The van der Waals surface area contributed by atoms with Gasteiger partial charge in [-0.15, -0.1) is 0 Å². The second-order valence-electron chi connectivity index (χ2n) is 15.9. The van der Waals surface area contributed by atoms with Crippen LogP contribution in [0.5, 0.6) is 0 Å². The van der Waals surface area contributed by atoms with Gasteiger partial charge in [0.25, 0.3) is 0 Å². The number of hydrogen-bond acceptors (Lipinski definition) is 14. The summed E-state index contributed by atoms with van der Waals surface area (Å²) in [6, 6.07) is 0. The van der Waals surface area contributed by atoms with E-state index in [2.05, 4.69) is 43.4 Å². The van der Waals surface area contributed by atoms with E-state index in [9.17, 15) is 54.8 Å². The van der Waals surface area contributed by atoms with Crippen LogP contribution in [-0.4, -0.2) is 121 Å². The van der Waals surface area contributed by atoms with Crippen molar-refractivity contribution in [3.63, 3.8) is 0 Å². The van der Waals surface area contributed by atoms with Crippen LogP contribution in [0.1, 0.15) is 117 Å². The number of aliphatic hydroxyl groups is 7. The highest BCUT2D eigenvalue weighted by molar-refractivity contribution is 7.47. The number of esters is 2. The largest absolute Gasteiger partial charge is 0.472 e. The standard InChI is InChI=1S/C51H79O15P/c1-3-5-7-8-9-10-11-12-13-14-15-16-17-18-19-24-32-38-45(55)65-43(40-64-67(61,62)66-51-49(59)47(57)46(56)48(58)50(51)60)39-63-44(54)37-31-23-21-20-22-28-34-42(53)36-30-26-25-29-35-41(52)33-27-6-4-2/h6,9-10,12-13,15-16,18-19,21-23,25-30,35-36,41-43,46-53,56-60H,3-5,7-8,11,14,17,20,24,31-34,37-40H2,1-2H3,(H,61,62)/b10-9-,13-12-,16-15-,19-18-,23-21-,26-25-,27-6-,28-22-,35-29+,36-30+/t41-,42+,43-,46?,47-,48+,49-,50-,51?/m1/s1. The van der Waals surface area contributed by atoms with Gasteiger partial charge in [-0.2, -0.15) is 0 Å². The van der Waals surface area contributed by atoms with E-state index in [0.717, 1.165) is 32.1 Å². The fraction of sp³-hybridized carbons (Fsp3) is 0.569. The van der Waals surface area contributed by atoms with E-state index in [-0.39, 0.29) is 12.8 Å². The summed E-state index contributed by atoms with van der Waals surface area (Å²) in [5.41, 5.74) is 0. The number of carbonyl (C=O) groups excluding carboxylic acids is 2. The van der Waals surface area contributed by atoms with Crippen LogP contribution in [0.2, 0.25) is 0 Å². The summed E-state index contributed by atoms with van der Waals surface area (Å²) in [5, 5.41) is 70.2. The van der Waals surface area contributed by atoms with E-state index in [1.165, 1.54) is 19.3 Å². The van der Waals surface area contributed by atoms with Crippen molar-refractivity contribution < 1.29 is 73.3 Å². The molecule has 1 aliphatic rings. The third-order valence-corrected chi connectivity index (χ3v) is 11.0. The Labute approximate surface area is 398 Å². The fourth-order valence-electron chi connectivity index (χ4n) is 6.13. The number of phosphoric ester groups is 1. The first-order chi connectivity index (χ1) is 32.2. The normalized spacial score (nSPS) is 23.2. The van der Waals surface area contributed by atoms with Crippen LogP contribution in [0.3, 0.4) is 0 Å². The zero-order valence-corrected chi connectivity index (χ0v) is 40.2. The lowest BCUT2D eigenvalue weighted by atomic mass is 9.85. The van der Waals surface area contributed by atoms with Gasteiger partial charge >= 0.3 is 19.8 Å². The molecule has 0 amide bonds. The molecule has 0 radical (unpaired) electrons. The first kappa shape index (κ1) is 61.2. The molecule has 0 saturated heterocycles. The van der Waals surface area contributed by atoms with Crippen molar-refractivity contribution in [3.05, 3.63) is 122 Å². The zero-order chi connectivity index (χ0) is 49.5. The molecule has 3 unspecified atom stereocenters. The van der Waals surface area contributed by atoms with Gasteiger partial charge in [-0.05, 0) is 77.0 Å². The van der Waals surface area contributed by atoms with Crippen LogP contribution in [0.25, 0.3) is 0 Å². The topological polar surface area (TPSA) is 250 Å². The van der Waals surface area contributed by atoms with Crippen molar-refractivity contribution >= 4 is 19.8 Å². The summed E-state index contributed by atoms with van der Waals surface area (Å²) in [7, 11) is -5.19. The molecule has 1 rings (SSSR count). The summed E-state index contributed by atoms with van der Waals surface area (Å²) in [5.74, 6) is -1.35. The average Bonchev–Trinajstić information content (AvgIpc) is 3.30. The van der Waals surface area contributed by atoms with Crippen molar-refractivity contribution in [2.45, 2.75) is 172 Å². The Hall–Kier alpha value is -3.83. The molecule has 0 spiro atoms. The maximum absolute atomic E-state index is 12.8. The first-order valence-electron chi connectivity index (χ1n) is 23.6. The van der Waals surface area contributed by atoms with Crippen molar-refractivity contribution in [1.82, 2.24) is 0 Å². The van der Waals surface area contributed by atoms with Gasteiger partial charge in [0.2, 0.25) is 0 Å². The Bertz CT molecular complexity index is 1660. The second-order valence-corrected chi connectivity index (χ2v) is 17.3. The van der Waals surface area contributed by atoms with E-state index in [1.807, 2.05) is 49.5 Å². The number of phosphoric acid groups is 1. The minimum absolute atomic E-state index is 0.0252. The molecule has 15 nitrogen and oxygen atoms in total. The number of ether oxygens (including phenoxy) is 2. The van der Waals surface area contributed by atoms with Gasteiger partial charge in [0.15, 0.2) is 6.10 Å². The van der Waals surface area contributed by atoms with Gasteiger partial charge in [0.05, 0.1) is 18.8 Å². The average molecular weight is 963 g/mol. The molecule has 0 aromatic rings. The van der Waals surface area contributed by atoms with Crippen molar-refractivity contribution in [1.29, 1.82) is 0 Å². The lowest BCUT2D eigenvalue weighted by molar-refractivity contribution is -0.220. The number of aliphatic hydroxyl groups excluding tert-OH is 7. The molecule has 10 atom stereocenters. The molecule has 1 saturated carbocycles. The predicted molar refractivity (Wildman–Crippen MR) is 260 cm³/mol. The quantitative estimate of drug-likeness (QED) is 0.0101. The van der Waals surface area contributed by atoms with E-state index in [1.54, 1.807) is 42.5 Å². The Morgan fingerprint density at radius 2 is 1.03 bits per heavy atom. The molecule has 1 aliphatic carbocycles. The molecule has 67 heavy (non-hydrogen) atoms. The number of hydrogen-bond donors (Lipinski definition) is 8. The maximum atomic E-state index is 12.8. The third-order valence-electron chi connectivity index (χ3n) is 9.97. The SMILES string of the molecule is CC/C=C\C[C@@H](O)/C=C/C=C\C=C\[C@@H](O)C/C=C\C/C=C\CCC(=O)OC[C@H](COP(=O)(O)OC1[C@H](O)[C@H](O)C(O)[C@H](O)[C@H]1O)OC(=O)CCC/C=C\C/C=C\C/C=C\C/C=C\CCCCC. The predicted octanol–water partition coefficient (Wildman–Crippen LogP) is 7.33. The molecular formula is C51H79O15P. The lowest BCUT2D eigenvalue weighted by Gasteiger charge is -2.41. The van der Waals surface area contributed by atoms with Gasteiger partial charge in [-0.3, -0.25) is 18.6 Å². The van der Waals surface area contributed by atoms with Crippen molar-refractivity contribution in [2.75, 3.05) is 13.2 Å². The number of allylic oxidation sites excluding steroid dienone is 16. The summed E-state index contributed by atoms with van der Waals surface area (Å²) in [4.78, 5) is 35.7. The Morgan fingerprint density at radius 1 is 0.552 bits per heavy atom. The van der Waals surface area contributed by atoms with E-state index < -0.39 is 87.9 Å². The molecular weight excluding hydrogens is 884 g/mol. The van der Waals surface area contributed by atoms with Crippen LogP contribution in [-0.2, 0) is 32.7 Å². The van der Waals surface area contributed by atoms with Crippen molar-refractivity contribution in [2.24, 2.45) is 0 Å². The van der Waals surface area contributed by atoms with Gasteiger partial charge in [-0.1, -0.05) is 148 Å². The van der Waals surface area contributed by atoms with Crippen LogP contribution in [0.4, 0.5) is 0 Å². The molecule has 0 aromatic heterocycles. The number of rotatable bonds is 36. The summed E-state index contributed by atoms with van der Waals surface area (Å²) in [6.45, 7) is 2.87. The third kappa shape index (κ3) is 31.8. The molecule has 1 fully saturated rings. The molecule has 378 valence electrons. The van der Waals surface area contributed by atoms with E-state index >= 15 is 0 Å². The number of unbranched alkanes of at least 4 members (excludes halogenated alkanes) is 4. The number of carbonyl (C=O) groups is 2. The van der Waals surface area contributed by atoms with Gasteiger partial charge in [0.1, 0.15) is 43.2 Å². The Kier molecular flexibility index (Phi) is 35.7. The zero-order valence-electron chi connectivity index (χ0n) is 39.4. The maximum Gasteiger partial charge on any atom is 0.472 e. The van der Waals surface area contributed by atoms with Crippen LogP contribution < -0.4 is 0 Å². The highest BCUT2D eigenvalue weighted by atomic mass is 31.2. The smallest absolute Gasteiger partial charge is 0.462 e. The Balaban J connectivity index is 2.61. The molecule has 16 heteroatoms. The van der Waals surface area contributed by atoms with Crippen LogP contribution >= 0.6 is 7.82 Å². The van der Waals surface area contributed by atoms with Crippen molar-refractivity contribution in [3.8, 4) is 0 Å². The summed E-state index contributed by atoms with van der Waals surface area (Å²) < 4.78 is 33.3. The molecule has 0 aliphatic heterocycles. The highest BCUT2D eigenvalue weighted by Crippen LogP contribution is 2.47. The molecule has 0 aromatic carbocycles. The minimum atomic E-state index is -5.19. The summed E-state index contributed by atoms with van der Waals surface area (Å²) >= 11 is 0. The van der Waals surface area contributed by atoms with Gasteiger partial charge in [-0.25, -0.2) is 4.57 Å². The molecule has 0 heterocycles. The highest BCUT2D eigenvalue weighted by Gasteiger charge is 2.51. The fourth-order valence-corrected chi connectivity index (χ4v) is 7.10. The van der Waals surface area contributed by atoms with Gasteiger partial charge < -0.3 is 50.1 Å². The molecule has 0 bridgehead atoms. The van der Waals surface area contributed by atoms with Gasteiger partial charge in [0, 0.05) is 12.8 Å². The minimum Gasteiger partial charge on any atom is -0.462 e. The monoisotopic (exact) mass is 963 g/mol. The first-order valence-corrected chi connectivity index (χ1v) is 25.1. The van der Waals surface area contributed by atoms with Crippen LogP contribution in [0, 0.1) is 0 Å². The lowest BCUT2D eigenvalue weighted by Crippen LogP contribution is -2.64. The van der Waals surface area contributed by atoms with E-state index in [4.69, 9.17) is 18.5 Å². The molecule has 8 N–H and O–H groups in total. The van der Waals surface area contributed by atoms with E-state index in [0.29, 0.717) is 38.5 Å². The second kappa shape index (κ2) is 39.1. The van der Waals surface area contributed by atoms with Crippen LogP contribution in [0.15, 0.2) is 122 Å². The summed E-state index contributed by atoms with van der Waals surface area (Å²) in [6.07, 6.45) is 34.6. The Morgan fingerprint density at radius 3 is 1.57 bits per heavy atom.